The van der Waals surface area contributed by atoms with Crippen molar-refractivity contribution in [2.45, 2.75) is 90.8 Å². The van der Waals surface area contributed by atoms with Crippen molar-refractivity contribution < 1.29 is 24.0 Å². The molecule has 0 radical (unpaired) electrons. The number of aldehydes is 1. The number of amides is 4. The molecule has 1 saturated carbocycles. The first kappa shape index (κ1) is 32.2. The van der Waals surface area contributed by atoms with Gasteiger partial charge in [0.1, 0.15) is 24.1 Å². The number of H-pyrrole nitrogens is 1. The van der Waals surface area contributed by atoms with Crippen LogP contribution in [0.5, 0.6) is 0 Å². The molecule has 1 aliphatic carbocycles. The Kier molecular flexibility index (Phi) is 10.3. The van der Waals surface area contributed by atoms with Crippen LogP contribution in [0.1, 0.15) is 83.1 Å². The highest BCUT2D eigenvalue weighted by molar-refractivity contribution is 6.01. The lowest BCUT2D eigenvalue weighted by Gasteiger charge is -2.37. The molecule has 4 amide bonds. The quantitative estimate of drug-likeness (QED) is 0.295. The minimum absolute atomic E-state index is 0.00689. The van der Waals surface area contributed by atoms with E-state index in [1.807, 2.05) is 52.0 Å². The van der Waals surface area contributed by atoms with Gasteiger partial charge in [0.2, 0.25) is 17.7 Å². The number of nitrogens with zero attached hydrogens (tertiary/aromatic N) is 1. The van der Waals surface area contributed by atoms with Crippen LogP contribution in [0.25, 0.3) is 10.9 Å². The Bertz CT molecular complexity index is 1300. The Morgan fingerprint density at radius 2 is 1.79 bits per heavy atom. The molecule has 4 N–H and O–H groups in total. The smallest absolute Gasteiger partial charge is 0.268 e. The highest BCUT2D eigenvalue weighted by Gasteiger charge is 2.53. The molecule has 1 aromatic heterocycles. The number of fused-ring (bicyclic) bond motifs is 1. The summed E-state index contributed by atoms with van der Waals surface area (Å²) in [5.41, 5.74) is 0.636. The Balaban J connectivity index is 1.59. The molecule has 2 unspecified atom stereocenters. The maximum Gasteiger partial charge on any atom is 0.268 e. The van der Waals surface area contributed by atoms with Gasteiger partial charge in [0.25, 0.3) is 5.91 Å². The molecule has 1 saturated heterocycles. The van der Waals surface area contributed by atoms with Crippen LogP contribution in [-0.2, 0) is 19.2 Å². The summed E-state index contributed by atoms with van der Waals surface area (Å²) in [6, 6.07) is 6.92. The number of nitrogens with one attached hydrogen (secondary N) is 4. The minimum atomic E-state index is -0.866. The number of hydrogen-bond donors (Lipinski definition) is 4. The van der Waals surface area contributed by atoms with E-state index >= 15 is 0 Å². The zero-order valence-corrected chi connectivity index (χ0v) is 26.1. The lowest BCUT2D eigenvalue weighted by Crippen LogP contribution is -2.59. The monoisotopic (exact) mass is 593 g/mol. The zero-order valence-electron chi connectivity index (χ0n) is 26.1. The SMILES string of the molecule is CCC(C[C@@H](C=O)NC(=O)[C@H]1N(C(=O)C(NC(=O)c2cc3ccccc3[nH]2)C2CCCCC2)C[C@@H](C)C1(C)C)C(=O)NC. The van der Waals surface area contributed by atoms with Crippen LogP contribution in [0, 0.1) is 23.2 Å². The minimum Gasteiger partial charge on any atom is -0.359 e. The van der Waals surface area contributed by atoms with Crippen LogP contribution >= 0.6 is 0 Å². The molecule has 2 aromatic rings. The molecule has 2 aliphatic rings. The van der Waals surface area contributed by atoms with E-state index in [9.17, 15) is 24.0 Å². The molecule has 43 heavy (non-hydrogen) atoms. The molecule has 2 heterocycles. The maximum atomic E-state index is 14.4. The van der Waals surface area contributed by atoms with Crippen LogP contribution in [-0.4, -0.2) is 71.5 Å². The summed E-state index contributed by atoms with van der Waals surface area (Å²) >= 11 is 0. The fourth-order valence-electron chi connectivity index (χ4n) is 6.83. The predicted octanol–water partition coefficient (Wildman–Crippen LogP) is 3.57. The highest BCUT2D eigenvalue weighted by Crippen LogP contribution is 2.42. The molecule has 10 nitrogen and oxygen atoms in total. The van der Waals surface area contributed by atoms with Gasteiger partial charge in [-0.1, -0.05) is 65.2 Å². The van der Waals surface area contributed by atoms with E-state index in [-0.39, 0.29) is 36.0 Å². The van der Waals surface area contributed by atoms with Crippen molar-refractivity contribution in [2.24, 2.45) is 23.2 Å². The van der Waals surface area contributed by atoms with Crippen LogP contribution < -0.4 is 16.0 Å². The summed E-state index contributed by atoms with van der Waals surface area (Å²) in [7, 11) is 1.55. The molecule has 10 heteroatoms. The van der Waals surface area contributed by atoms with E-state index in [4.69, 9.17) is 0 Å². The first-order valence-corrected chi connectivity index (χ1v) is 15.7. The fraction of sp³-hybridized carbons (Fsp3) is 0.606. The van der Waals surface area contributed by atoms with Gasteiger partial charge in [-0.25, -0.2) is 0 Å². The summed E-state index contributed by atoms with van der Waals surface area (Å²) < 4.78 is 0. The molecule has 0 bridgehead atoms. The third-order valence-electron chi connectivity index (χ3n) is 9.88. The number of para-hydroxylation sites is 1. The molecule has 1 aliphatic heterocycles. The van der Waals surface area contributed by atoms with E-state index in [1.165, 1.54) is 0 Å². The number of carbonyl (C=O) groups excluding carboxylic acids is 5. The van der Waals surface area contributed by atoms with Crippen LogP contribution in [0.4, 0.5) is 0 Å². The summed E-state index contributed by atoms with van der Waals surface area (Å²) in [6.45, 7) is 8.16. The number of benzene rings is 1. The standard InChI is InChI=1S/C33H47N5O5/c1-6-21(29(40)34-5)16-24(19-39)35-31(42)28-33(3,4)20(2)18-38(28)32(43)27(22-12-8-7-9-13-22)37-30(41)26-17-23-14-10-11-15-25(23)36-26/h10-11,14-15,17,19-22,24,27-28,36H,6-9,12-13,16,18H2,1-5H3,(H,34,40)(H,35,42)(H,37,41)/t20-,21?,24+,27?,28-/m1/s1. The average Bonchev–Trinajstić information content (AvgIpc) is 3.55. The van der Waals surface area contributed by atoms with Gasteiger partial charge in [-0.2, -0.15) is 0 Å². The van der Waals surface area contributed by atoms with Gasteiger partial charge < -0.3 is 30.6 Å². The van der Waals surface area contributed by atoms with E-state index in [0.717, 1.165) is 43.0 Å². The van der Waals surface area contributed by atoms with Crippen molar-refractivity contribution in [3.05, 3.63) is 36.0 Å². The van der Waals surface area contributed by atoms with Gasteiger partial charge in [0, 0.05) is 30.4 Å². The zero-order chi connectivity index (χ0) is 31.3. The Morgan fingerprint density at radius 3 is 2.42 bits per heavy atom. The third-order valence-corrected chi connectivity index (χ3v) is 9.88. The normalized spacial score (nSPS) is 22.4. The third kappa shape index (κ3) is 6.94. The molecule has 234 valence electrons. The largest absolute Gasteiger partial charge is 0.359 e. The molecule has 2 fully saturated rings. The van der Waals surface area contributed by atoms with Crippen molar-refractivity contribution >= 4 is 40.8 Å². The van der Waals surface area contributed by atoms with E-state index in [2.05, 4.69) is 20.9 Å². The number of rotatable bonds is 11. The van der Waals surface area contributed by atoms with Crippen molar-refractivity contribution in [1.82, 2.24) is 25.8 Å². The predicted molar refractivity (Wildman–Crippen MR) is 165 cm³/mol. The molecule has 0 spiro atoms. The van der Waals surface area contributed by atoms with Gasteiger partial charge in [0.05, 0.1) is 6.04 Å². The second-order valence-corrected chi connectivity index (χ2v) is 12.9. The number of hydrogen-bond acceptors (Lipinski definition) is 5. The van der Waals surface area contributed by atoms with E-state index < -0.39 is 35.4 Å². The topological polar surface area (TPSA) is 140 Å². The Morgan fingerprint density at radius 1 is 1.09 bits per heavy atom. The van der Waals surface area contributed by atoms with Crippen molar-refractivity contribution in [3.63, 3.8) is 0 Å². The van der Waals surface area contributed by atoms with Gasteiger partial charge in [-0.15, -0.1) is 0 Å². The number of carbonyl (C=O) groups is 5. The second-order valence-electron chi connectivity index (χ2n) is 12.9. The first-order chi connectivity index (χ1) is 20.5. The molecule has 1 aromatic carbocycles. The summed E-state index contributed by atoms with van der Waals surface area (Å²) in [5, 5.41) is 9.42. The number of aromatic amines is 1. The van der Waals surface area contributed by atoms with E-state index in [1.54, 1.807) is 18.0 Å². The highest BCUT2D eigenvalue weighted by atomic mass is 16.2. The van der Waals surface area contributed by atoms with Crippen molar-refractivity contribution in [3.8, 4) is 0 Å². The fourth-order valence-corrected chi connectivity index (χ4v) is 6.83. The van der Waals surface area contributed by atoms with E-state index in [0.29, 0.717) is 24.9 Å². The summed E-state index contributed by atoms with van der Waals surface area (Å²) in [6.07, 6.45) is 6.04. The Hall–Kier alpha value is -3.69. The van der Waals surface area contributed by atoms with Crippen LogP contribution in [0.3, 0.4) is 0 Å². The van der Waals surface area contributed by atoms with Crippen LogP contribution in [0.15, 0.2) is 30.3 Å². The maximum absolute atomic E-state index is 14.4. The molecule has 5 atom stereocenters. The van der Waals surface area contributed by atoms with Gasteiger partial charge in [-0.05, 0) is 55.1 Å². The number of aromatic nitrogens is 1. The molecule has 4 rings (SSSR count). The molecular weight excluding hydrogens is 546 g/mol. The van der Waals surface area contributed by atoms with Gasteiger partial charge >= 0.3 is 0 Å². The van der Waals surface area contributed by atoms with Gasteiger partial charge in [-0.3, -0.25) is 19.2 Å². The summed E-state index contributed by atoms with van der Waals surface area (Å²) in [5.74, 6) is -1.70. The van der Waals surface area contributed by atoms with Crippen molar-refractivity contribution in [1.29, 1.82) is 0 Å². The second kappa shape index (κ2) is 13.7. The lowest BCUT2D eigenvalue weighted by molar-refractivity contribution is -0.143. The van der Waals surface area contributed by atoms with Crippen molar-refractivity contribution in [2.75, 3.05) is 13.6 Å². The Labute approximate surface area is 254 Å². The van der Waals surface area contributed by atoms with Crippen LogP contribution in [0.2, 0.25) is 0 Å². The average molecular weight is 594 g/mol. The van der Waals surface area contributed by atoms with Gasteiger partial charge in [0.15, 0.2) is 0 Å². The lowest BCUT2D eigenvalue weighted by atomic mass is 9.77. The molecular formula is C33H47N5O5. The summed E-state index contributed by atoms with van der Waals surface area (Å²) in [4.78, 5) is 70.9. The number of likely N-dealkylation sites (tertiary alicyclic amines) is 1. The first-order valence-electron chi connectivity index (χ1n) is 15.7.